The van der Waals surface area contributed by atoms with Crippen LogP contribution in [-0.4, -0.2) is 60.8 Å². The molecule has 32 heavy (non-hydrogen) atoms. The summed E-state index contributed by atoms with van der Waals surface area (Å²) >= 11 is 0. The van der Waals surface area contributed by atoms with Crippen LogP contribution in [0.2, 0.25) is 0 Å². The van der Waals surface area contributed by atoms with Crippen LogP contribution in [0.25, 0.3) is 0 Å². The second kappa shape index (κ2) is 11.7. The molecule has 0 amide bonds. The van der Waals surface area contributed by atoms with Crippen molar-refractivity contribution in [3.63, 3.8) is 0 Å². The lowest BCUT2D eigenvalue weighted by Crippen LogP contribution is -2.52. The van der Waals surface area contributed by atoms with E-state index < -0.39 is 11.7 Å². The summed E-state index contributed by atoms with van der Waals surface area (Å²) in [4.78, 5) is 12.6. The lowest BCUT2D eigenvalue weighted by molar-refractivity contribution is -0.137. The standard InChI is InChI=1S/C20H27F3N6O2.HI/c1-4-30-14(2)18-26-17(31-27-18)13-25-19(24-3)29-10-8-28(9-11-29)16-7-5-6-15(12-16)20(21,22)23;/h5-7,12,14H,4,8-11,13H2,1-3H3,(H,24,25);1H. The van der Waals surface area contributed by atoms with Gasteiger partial charge in [0.2, 0.25) is 5.89 Å². The molecule has 1 unspecified atom stereocenters. The number of hydrogen-bond acceptors (Lipinski definition) is 6. The highest BCUT2D eigenvalue weighted by Crippen LogP contribution is 2.31. The van der Waals surface area contributed by atoms with Gasteiger partial charge in [-0.25, -0.2) is 0 Å². The zero-order chi connectivity index (χ0) is 22.4. The van der Waals surface area contributed by atoms with Gasteiger partial charge in [-0.1, -0.05) is 11.2 Å². The van der Waals surface area contributed by atoms with Crippen LogP contribution in [0.5, 0.6) is 0 Å². The highest BCUT2D eigenvalue weighted by molar-refractivity contribution is 14.0. The Morgan fingerprint density at radius 1 is 1.28 bits per heavy atom. The van der Waals surface area contributed by atoms with Gasteiger partial charge in [0.05, 0.1) is 12.1 Å². The summed E-state index contributed by atoms with van der Waals surface area (Å²) in [7, 11) is 1.68. The summed E-state index contributed by atoms with van der Waals surface area (Å²) in [5, 5.41) is 7.12. The molecule has 0 aliphatic carbocycles. The summed E-state index contributed by atoms with van der Waals surface area (Å²) in [6.07, 6.45) is -4.59. The van der Waals surface area contributed by atoms with Gasteiger partial charge in [0, 0.05) is 45.5 Å². The Labute approximate surface area is 202 Å². The summed E-state index contributed by atoms with van der Waals surface area (Å²) in [6.45, 7) is 7.02. The Morgan fingerprint density at radius 2 is 2.00 bits per heavy atom. The Bertz CT molecular complexity index is 884. The van der Waals surface area contributed by atoms with E-state index >= 15 is 0 Å². The van der Waals surface area contributed by atoms with E-state index in [1.807, 2.05) is 23.6 Å². The second-order valence-electron chi connectivity index (χ2n) is 7.07. The van der Waals surface area contributed by atoms with Crippen molar-refractivity contribution in [1.82, 2.24) is 20.4 Å². The number of aromatic nitrogens is 2. The molecule has 1 saturated heterocycles. The van der Waals surface area contributed by atoms with Crippen molar-refractivity contribution in [2.24, 2.45) is 4.99 Å². The number of ether oxygens (including phenoxy) is 1. The van der Waals surface area contributed by atoms with E-state index in [1.165, 1.54) is 12.1 Å². The number of halogens is 4. The number of nitrogens with zero attached hydrogens (tertiary/aromatic N) is 5. The number of guanidine groups is 1. The monoisotopic (exact) mass is 568 g/mol. The van der Waals surface area contributed by atoms with Crippen LogP contribution < -0.4 is 10.2 Å². The Morgan fingerprint density at radius 3 is 2.62 bits per heavy atom. The lowest BCUT2D eigenvalue weighted by Gasteiger charge is -2.37. The Kier molecular flexibility index (Phi) is 9.55. The minimum Gasteiger partial charge on any atom is -0.371 e. The molecule has 0 saturated carbocycles. The summed E-state index contributed by atoms with van der Waals surface area (Å²) in [6, 6.07) is 5.42. The minimum absolute atomic E-state index is 0. The number of nitrogens with one attached hydrogen (secondary N) is 1. The highest BCUT2D eigenvalue weighted by atomic mass is 127. The molecule has 1 aliphatic rings. The first-order chi connectivity index (χ1) is 14.8. The number of piperazine rings is 1. The van der Waals surface area contributed by atoms with E-state index in [2.05, 4.69) is 20.4 Å². The molecule has 3 rings (SSSR count). The molecule has 0 spiro atoms. The van der Waals surface area contributed by atoms with Crippen LogP contribution >= 0.6 is 24.0 Å². The fraction of sp³-hybridized carbons (Fsp3) is 0.550. The first-order valence-electron chi connectivity index (χ1n) is 10.1. The Hall–Kier alpha value is -2.09. The van der Waals surface area contributed by atoms with Crippen molar-refractivity contribution in [1.29, 1.82) is 0 Å². The molecule has 12 heteroatoms. The molecule has 0 radical (unpaired) electrons. The van der Waals surface area contributed by atoms with E-state index in [4.69, 9.17) is 9.26 Å². The van der Waals surface area contributed by atoms with Crippen molar-refractivity contribution in [2.45, 2.75) is 32.7 Å². The molecule has 1 N–H and O–H groups in total. The maximum Gasteiger partial charge on any atom is 0.416 e. The van der Waals surface area contributed by atoms with Gasteiger partial charge in [0.25, 0.3) is 0 Å². The smallest absolute Gasteiger partial charge is 0.371 e. The molecule has 178 valence electrons. The molecule has 1 aliphatic heterocycles. The van der Waals surface area contributed by atoms with Gasteiger partial charge in [0.15, 0.2) is 11.8 Å². The van der Waals surface area contributed by atoms with Gasteiger partial charge in [-0.15, -0.1) is 24.0 Å². The number of benzene rings is 1. The van der Waals surface area contributed by atoms with Crippen molar-refractivity contribution in [3.8, 4) is 0 Å². The number of anilines is 1. The molecule has 0 bridgehead atoms. The van der Waals surface area contributed by atoms with Crippen LogP contribution in [0.4, 0.5) is 18.9 Å². The minimum atomic E-state index is -4.35. The molecular weight excluding hydrogens is 540 g/mol. The van der Waals surface area contributed by atoms with Crippen LogP contribution in [0.3, 0.4) is 0 Å². The SMILES string of the molecule is CCOC(C)c1noc(CNC(=NC)N2CCN(c3cccc(C(F)(F)F)c3)CC2)n1.I. The number of alkyl halides is 3. The molecule has 1 fully saturated rings. The number of aliphatic imine (C=N–C) groups is 1. The van der Waals surface area contributed by atoms with Crippen LogP contribution in [0.1, 0.15) is 37.2 Å². The fourth-order valence-electron chi connectivity index (χ4n) is 3.37. The predicted molar refractivity (Wildman–Crippen MR) is 125 cm³/mol. The van der Waals surface area contributed by atoms with Gasteiger partial charge in [-0.05, 0) is 32.0 Å². The van der Waals surface area contributed by atoms with E-state index in [-0.39, 0.29) is 30.1 Å². The number of hydrogen-bond donors (Lipinski definition) is 1. The third-order valence-electron chi connectivity index (χ3n) is 4.99. The van der Waals surface area contributed by atoms with Crippen molar-refractivity contribution < 1.29 is 22.4 Å². The fourth-order valence-corrected chi connectivity index (χ4v) is 3.37. The van der Waals surface area contributed by atoms with Gasteiger partial charge >= 0.3 is 6.18 Å². The van der Waals surface area contributed by atoms with Crippen LogP contribution in [-0.2, 0) is 17.5 Å². The maximum absolute atomic E-state index is 13.0. The van der Waals surface area contributed by atoms with Gasteiger partial charge in [0.1, 0.15) is 6.10 Å². The normalized spacial score (nSPS) is 16.0. The molecule has 1 aromatic heterocycles. The lowest BCUT2D eigenvalue weighted by atomic mass is 10.1. The average molecular weight is 568 g/mol. The van der Waals surface area contributed by atoms with Crippen molar-refractivity contribution in [3.05, 3.63) is 41.5 Å². The second-order valence-corrected chi connectivity index (χ2v) is 7.07. The molecule has 2 heterocycles. The quantitative estimate of drug-likeness (QED) is 0.324. The summed E-state index contributed by atoms with van der Waals surface area (Å²) < 4.78 is 49.6. The Balaban J connectivity index is 0.00000363. The molecule has 2 aromatic rings. The average Bonchev–Trinajstić information content (AvgIpc) is 3.23. The summed E-state index contributed by atoms with van der Waals surface area (Å²) in [5.74, 6) is 1.58. The van der Waals surface area contributed by atoms with E-state index in [1.54, 1.807) is 13.1 Å². The van der Waals surface area contributed by atoms with Gasteiger partial charge < -0.3 is 24.4 Å². The first-order valence-corrected chi connectivity index (χ1v) is 10.1. The largest absolute Gasteiger partial charge is 0.416 e. The maximum atomic E-state index is 13.0. The van der Waals surface area contributed by atoms with E-state index in [0.29, 0.717) is 62.7 Å². The van der Waals surface area contributed by atoms with Crippen molar-refractivity contribution >= 4 is 35.6 Å². The molecule has 1 atom stereocenters. The highest BCUT2D eigenvalue weighted by Gasteiger charge is 2.31. The number of rotatable bonds is 6. The van der Waals surface area contributed by atoms with Crippen molar-refractivity contribution in [2.75, 3.05) is 44.7 Å². The first kappa shape index (κ1) is 26.2. The third-order valence-corrected chi connectivity index (χ3v) is 4.99. The third kappa shape index (κ3) is 6.70. The zero-order valence-corrected chi connectivity index (χ0v) is 20.6. The topological polar surface area (TPSA) is 79.0 Å². The predicted octanol–water partition coefficient (Wildman–Crippen LogP) is 3.70. The van der Waals surface area contributed by atoms with Crippen LogP contribution in [0.15, 0.2) is 33.8 Å². The molecular formula is C20H28F3IN6O2. The molecule has 1 aromatic carbocycles. The van der Waals surface area contributed by atoms with E-state index in [9.17, 15) is 13.2 Å². The molecule has 8 nitrogen and oxygen atoms in total. The van der Waals surface area contributed by atoms with Gasteiger partial charge in [-0.2, -0.15) is 18.2 Å². The van der Waals surface area contributed by atoms with Crippen LogP contribution in [0, 0.1) is 0 Å². The van der Waals surface area contributed by atoms with Gasteiger partial charge in [-0.3, -0.25) is 4.99 Å². The van der Waals surface area contributed by atoms with E-state index in [0.717, 1.165) is 6.07 Å². The summed E-state index contributed by atoms with van der Waals surface area (Å²) in [5.41, 5.74) is -0.0679. The zero-order valence-electron chi connectivity index (χ0n) is 18.2.